The number of nitrogens with one attached hydrogen (secondary N) is 1. The number of halogens is 2. The third-order valence-electron chi connectivity index (χ3n) is 1.52. The number of hydrogen-bond donors (Lipinski definition) is 1. The second-order valence-electron chi connectivity index (χ2n) is 2.44. The predicted octanol–water partition coefficient (Wildman–Crippen LogP) is 2.25. The molecule has 0 spiro atoms. The predicted molar refractivity (Wildman–Crippen MR) is 54.4 cm³/mol. The summed E-state index contributed by atoms with van der Waals surface area (Å²) < 4.78 is 0. The molecule has 72 valence electrons. The van der Waals surface area contributed by atoms with Crippen LogP contribution in [-0.2, 0) is 0 Å². The Morgan fingerprint density at radius 3 is 2.50 bits per heavy atom. The molecule has 14 heavy (non-hydrogen) atoms. The highest BCUT2D eigenvalue weighted by Gasteiger charge is 2.13. The molecular formula is C9H6Cl2N2O. The molecule has 0 aliphatic rings. The molecule has 0 fully saturated rings. The van der Waals surface area contributed by atoms with Crippen LogP contribution in [0.15, 0.2) is 18.2 Å². The van der Waals surface area contributed by atoms with Gasteiger partial charge in [0.1, 0.15) is 6.54 Å². The van der Waals surface area contributed by atoms with Crippen LogP contribution in [-0.4, -0.2) is 12.5 Å². The summed E-state index contributed by atoms with van der Waals surface area (Å²) in [4.78, 5) is 11.4. The number of benzene rings is 1. The Hall–Kier alpha value is -1.24. The lowest BCUT2D eigenvalue weighted by atomic mass is 10.2. The molecule has 0 radical (unpaired) electrons. The maximum atomic E-state index is 11.4. The second-order valence-corrected chi connectivity index (χ2v) is 3.25. The third-order valence-corrected chi connectivity index (χ3v) is 2.15. The SMILES string of the molecule is N#CCNC(=O)c1c(Cl)cccc1Cl. The molecule has 5 heteroatoms. The van der Waals surface area contributed by atoms with Crippen LogP contribution in [0, 0.1) is 11.3 Å². The van der Waals surface area contributed by atoms with Gasteiger partial charge in [-0.1, -0.05) is 29.3 Å². The van der Waals surface area contributed by atoms with Gasteiger partial charge in [-0.3, -0.25) is 4.79 Å². The van der Waals surface area contributed by atoms with Crippen molar-refractivity contribution >= 4 is 29.1 Å². The van der Waals surface area contributed by atoms with Crippen molar-refractivity contribution < 1.29 is 4.79 Å². The zero-order valence-electron chi connectivity index (χ0n) is 7.05. The van der Waals surface area contributed by atoms with Gasteiger partial charge in [-0.05, 0) is 12.1 Å². The van der Waals surface area contributed by atoms with Crippen LogP contribution in [0.1, 0.15) is 10.4 Å². The van der Waals surface area contributed by atoms with Crippen LogP contribution < -0.4 is 5.32 Å². The number of nitriles is 1. The number of carbonyl (C=O) groups is 1. The normalized spacial score (nSPS) is 9.21. The molecule has 0 bridgehead atoms. The zero-order chi connectivity index (χ0) is 10.6. The lowest BCUT2D eigenvalue weighted by Gasteiger charge is -2.05. The minimum Gasteiger partial charge on any atom is -0.339 e. The van der Waals surface area contributed by atoms with Crippen molar-refractivity contribution in [2.24, 2.45) is 0 Å². The van der Waals surface area contributed by atoms with Gasteiger partial charge in [-0.15, -0.1) is 0 Å². The number of amides is 1. The molecular weight excluding hydrogens is 223 g/mol. The molecule has 0 unspecified atom stereocenters. The molecule has 1 amide bonds. The first-order valence-corrected chi connectivity index (χ1v) is 4.51. The van der Waals surface area contributed by atoms with Crippen LogP contribution in [0.25, 0.3) is 0 Å². The molecule has 0 aromatic heterocycles. The van der Waals surface area contributed by atoms with E-state index in [2.05, 4.69) is 5.32 Å². The Morgan fingerprint density at radius 1 is 1.43 bits per heavy atom. The van der Waals surface area contributed by atoms with E-state index in [0.717, 1.165) is 0 Å². The summed E-state index contributed by atoms with van der Waals surface area (Å²) in [6, 6.07) is 6.56. The first kappa shape index (κ1) is 10.8. The lowest BCUT2D eigenvalue weighted by Crippen LogP contribution is -2.24. The number of carbonyl (C=O) groups excluding carboxylic acids is 1. The fourth-order valence-electron chi connectivity index (χ4n) is 0.923. The molecule has 1 aromatic rings. The second kappa shape index (κ2) is 4.85. The van der Waals surface area contributed by atoms with Crippen LogP contribution in [0.3, 0.4) is 0 Å². The summed E-state index contributed by atoms with van der Waals surface area (Å²) in [6.07, 6.45) is 0. The standard InChI is InChI=1S/C9H6Cl2N2O/c10-6-2-1-3-7(11)8(6)9(14)13-5-4-12/h1-3H,5H2,(H,13,14). The highest BCUT2D eigenvalue weighted by atomic mass is 35.5. The number of rotatable bonds is 2. The zero-order valence-corrected chi connectivity index (χ0v) is 8.56. The fourth-order valence-corrected chi connectivity index (χ4v) is 1.49. The molecule has 0 heterocycles. The van der Waals surface area contributed by atoms with Crippen molar-refractivity contribution in [3.63, 3.8) is 0 Å². The Labute approximate surface area is 91.2 Å². The summed E-state index contributed by atoms with van der Waals surface area (Å²) in [6.45, 7) is -0.0691. The van der Waals surface area contributed by atoms with Crippen molar-refractivity contribution in [1.82, 2.24) is 5.32 Å². The highest BCUT2D eigenvalue weighted by molar-refractivity contribution is 6.39. The topological polar surface area (TPSA) is 52.9 Å². The quantitative estimate of drug-likeness (QED) is 0.790. The molecule has 0 aliphatic carbocycles. The average molecular weight is 229 g/mol. The van der Waals surface area contributed by atoms with E-state index in [1.165, 1.54) is 0 Å². The van der Waals surface area contributed by atoms with E-state index in [0.29, 0.717) is 0 Å². The number of hydrogen-bond acceptors (Lipinski definition) is 2. The smallest absolute Gasteiger partial charge is 0.255 e. The summed E-state index contributed by atoms with van der Waals surface area (Å²) >= 11 is 11.6. The van der Waals surface area contributed by atoms with Gasteiger partial charge in [0.2, 0.25) is 0 Å². The monoisotopic (exact) mass is 228 g/mol. The fraction of sp³-hybridized carbons (Fsp3) is 0.111. The Bertz CT molecular complexity index is 378. The molecule has 0 saturated carbocycles. The van der Waals surface area contributed by atoms with Crippen molar-refractivity contribution in [1.29, 1.82) is 5.26 Å². The van der Waals surface area contributed by atoms with E-state index >= 15 is 0 Å². The van der Waals surface area contributed by atoms with E-state index in [1.807, 2.05) is 0 Å². The number of nitrogens with zero attached hydrogens (tertiary/aromatic N) is 1. The van der Waals surface area contributed by atoms with E-state index in [4.69, 9.17) is 28.5 Å². The van der Waals surface area contributed by atoms with E-state index in [1.54, 1.807) is 24.3 Å². The van der Waals surface area contributed by atoms with Gasteiger partial charge in [0.05, 0.1) is 21.7 Å². The van der Waals surface area contributed by atoms with Crippen molar-refractivity contribution in [2.45, 2.75) is 0 Å². The Balaban J connectivity index is 2.95. The van der Waals surface area contributed by atoms with E-state index in [-0.39, 0.29) is 22.2 Å². The molecule has 3 nitrogen and oxygen atoms in total. The van der Waals surface area contributed by atoms with Gasteiger partial charge in [-0.25, -0.2) is 0 Å². The maximum Gasteiger partial charge on any atom is 0.255 e. The largest absolute Gasteiger partial charge is 0.339 e. The van der Waals surface area contributed by atoms with Crippen LogP contribution in [0.4, 0.5) is 0 Å². The Kier molecular flexibility index (Phi) is 3.75. The van der Waals surface area contributed by atoms with Gasteiger partial charge in [0, 0.05) is 0 Å². The van der Waals surface area contributed by atoms with Crippen LogP contribution in [0.2, 0.25) is 10.0 Å². The van der Waals surface area contributed by atoms with Crippen LogP contribution in [0.5, 0.6) is 0 Å². The van der Waals surface area contributed by atoms with Crippen molar-refractivity contribution in [2.75, 3.05) is 6.54 Å². The van der Waals surface area contributed by atoms with Gasteiger partial charge in [0.25, 0.3) is 5.91 Å². The van der Waals surface area contributed by atoms with Gasteiger partial charge in [0.15, 0.2) is 0 Å². The van der Waals surface area contributed by atoms with Gasteiger partial charge < -0.3 is 5.32 Å². The Morgan fingerprint density at radius 2 is 2.00 bits per heavy atom. The summed E-state index contributed by atoms with van der Waals surface area (Å²) in [7, 11) is 0. The summed E-state index contributed by atoms with van der Waals surface area (Å²) in [5.41, 5.74) is 0.200. The van der Waals surface area contributed by atoms with Crippen LogP contribution >= 0.6 is 23.2 Å². The van der Waals surface area contributed by atoms with Gasteiger partial charge in [-0.2, -0.15) is 5.26 Å². The minimum atomic E-state index is -0.442. The maximum absolute atomic E-state index is 11.4. The first-order chi connectivity index (χ1) is 6.66. The van der Waals surface area contributed by atoms with E-state index in [9.17, 15) is 4.79 Å². The minimum absolute atomic E-state index is 0.0691. The molecule has 0 aliphatic heterocycles. The highest BCUT2D eigenvalue weighted by Crippen LogP contribution is 2.23. The molecule has 1 rings (SSSR count). The van der Waals surface area contributed by atoms with Crippen molar-refractivity contribution in [3.05, 3.63) is 33.8 Å². The van der Waals surface area contributed by atoms with Crippen molar-refractivity contribution in [3.8, 4) is 6.07 Å². The van der Waals surface area contributed by atoms with E-state index < -0.39 is 5.91 Å². The summed E-state index contributed by atoms with van der Waals surface area (Å²) in [5.74, 6) is -0.442. The molecule has 1 aromatic carbocycles. The lowest BCUT2D eigenvalue weighted by molar-refractivity contribution is 0.0959. The molecule has 1 N–H and O–H groups in total. The molecule has 0 saturated heterocycles. The average Bonchev–Trinajstić information content (AvgIpc) is 2.14. The summed E-state index contributed by atoms with van der Waals surface area (Å²) in [5, 5.41) is 11.2. The molecule has 0 atom stereocenters. The third kappa shape index (κ3) is 2.38. The first-order valence-electron chi connectivity index (χ1n) is 3.76. The van der Waals surface area contributed by atoms with Gasteiger partial charge >= 0.3 is 0 Å².